The van der Waals surface area contributed by atoms with Gasteiger partial charge in [0.25, 0.3) is 5.56 Å². The molecule has 146 valence electrons. The standard InChI is InChI=1S/C19H24N8O/c1-25(2)17-10-16(21-12-22-17)23-13-5-8-27(9-6-13)19-24-15-11-20-7-4-14(15)18(28)26(19)3/h4,7,10-13H,5-6,8-9H2,1-3H3,(H,21,22,23). The molecule has 0 saturated carbocycles. The van der Waals surface area contributed by atoms with E-state index in [1.807, 2.05) is 25.1 Å². The van der Waals surface area contributed by atoms with Crippen LogP contribution >= 0.6 is 0 Å². The molecule has 1 aliphatic rings. The third kappa shape index (κ3) is 3.47. The highest BCUT2D eigenvalue weighted by atomic mass is 16.1. The number of nitrogens with zero attached hydrogens (tertiary/aromatic N) is 7. The molecule has 4 heterocycles. The summed E-state index contributed by atoms with van der Waals surface area (Å²) in [5.41, 5.74) is 0.595. The van der Waals surface area contributed by atoms with Crippen LogP contribution in [0, 0.1) is 0 Å². The lowest BCUT2D eigenvalue weighted by Gasteiger charge is -2.34. The zero-order valence-electron chi connectivity index (χ0n) is 16.3. The second kappa shape index (κ2) is 7.41. The SMILES string of the molecule is CN(C)c1cc(NC2CCN(c3nc4cnccc4c(=O)n3C)CC2)ncn1. The molecular formula is C19H24N8O. The first-order chi connectivity index (χ1) is 13.5. The van der Waals surface area contributed by atoms with Crippen molar-refractivity contribution in [2.24, 2.45) is 7.05 Å². The normalized spacial score (nSPS) is 15.0. The molecule has 9 heteroatoms. The van der Waals surface area contributed by atoms with Crippen molar-refractivity contribution in [2.75, 3.05) is 42.3 Å². The van der Waals surface area contributed by atoms with Gasteiger partial charge in [-0.2, -0.15) is 0 Å². The molecule has 4 rings (SSSR count). The predicted molar refractivity (Wildman–Crippen MR) is 110 cm³/mol. The van der Waals surface area contributed by atoms with Gasteiger partial charge in [-0.3, -0.25) is 14.3 Å². The molecule has 0 amide bonds. The molecule has 28 heavy (non-hydrogen) atoms. The van der Waals surface area contributed by atoms with Crippen LogP contribution in [0.1, 0.15) is 12.8 Å². The molecule has 0 aliphatic carbocycles. The maximum absolute atomic E-state index is 12.6. The molecule has 1 fully saturated rings. The van der Waals surface area contributed by atoms with E-state index < -0.39 is 0 Å². The van der Waals surface area contributed by atoms with E-state index in [2.05, 4.69) is 30.2 Å². The van der Waals surface area contributed by atoms with E-state index in [-0.39, 0.29) is 5.56 Å². The summed E-state index contributed by atoms with van der Waals surface area (Å²) < 4.78 is 1.63. The van der Waals surface area contributed by atoms with E-state index in [0.717, 1.165) is 37.6 Å². The van der Waals surface area contributed by atoms with Crippen molar-refractivity contribution in [3.05, 3.63) is 41.2 Å². The second-order valence-electron chi connectivity index (χ2n) is 7.23. The van der Waals surface area contributed by atoms with Gasteiger partial charge in [-0.05, 0) is 18.9 Å². The molecule has 0 aromatic carbocycles. The van der Waals surface area contributed by atoms with Crippen molar-refractivity contribution in [1.82, 2.24) is 24.5 Å². The molecule has 0 spiro atoms. The molecule has 0 bridgehead atoms. The number of hydrogen-bond donors (Lipinski definition) is 1. The minimum atomic E-state index is -0.0418. The number of nitrogens with one attached hydrogen (secondary N) is 1. The van der Waals surface area contributed by atoms with Crippen LogP contribution in [-0.4, -0.2) is 57.7 Å². The highest BCUT2D eigenvalue weighted by Crippen LogP contribution is 2.21. The van der Waals surface area contributed by atoms with Crippen LogP contribution in [0.5, 0.6) is 0 Å². The van der Waals surface area contributed by atoms with Gasteiger partial charge in [-0.25, -0.2) is 15.0 Å². The van der Waals surface area contributed by atoms with E-state index in [1.54, 1.807) is 36.4 Å². The Morgan fingerprint density at radius 2 is 2.00 bits per heavy atom. The number of pyridine rings is 1. The number of fused-ring (bicyclic) bond motifs is 1. The van der Waals surface area contributed by atoms with Crippen LogP contribution < -0.4 is 20.7 Å². The maximum Gasteiger partial charge on any atom is 0.262 e. The van der Waals surface area contributed by atoms with Crippen molar-refractivity contribution in [3.63, 3.8) is 0 Å². The highest BCUT2D eigenvalue weighted by molar-refractivity contribution is 5.77. The van der Waals surface area contributed by atoms with Crippen LogP contribution in [0.25, 0.3) is 10.9 Å². The van der Waals surface area contributed by atoms with Gasteiger partial charge in [0.15, 0.2) is 0 Å². The highest BCUT2D eigenvalue weighted by Gasteiger charge is 2.23. The monoisotopic (exact) mass is 380 g/mol. The van der Waals surface area contributed by atoms with E-state index in [1.165, 1.54) is 0 Å². The number of anilines is 3. The Bertz CT molecular complexity index is 1040. The molecular weight excluding hydrogens is 356 g/mol. The zero-order valence-corrected chi connectivity index (χ0v) is 16.3. The Morgan fingerprint density at radius 1 is 1.21 bits per heavy atom. The lowest BCUT2D eigenvalue weighted by molar-refractivity contribution is 0.512. The molecule has 0 atom stereocenters. The van der Waals surface area contributed by atoms with Gasteiger partial charge in [0, 0.05) is 52.5 Å². The topological polar surface area (TPSA) is 92.1 Å². The van der Waals surface area contributed by atoms with Crippen molar-refractivity contribution < 1.29 is 0 Å². The number of rotatable bonds is 4. The second-order valence-corrected chi connectivity index (χ2v) is 7.23. The lowest BCUT2D eigenvalue weighted by Crippen LogP contribution is -2.42. The fraction of sp³-hybridized carbons (Fsp3) is 0.421. The Balaban J connectivity index is 1.47. The average Bonchev–Trinajstić information content (AvgIpc) is 2.71. The van der Waals surface area contributed by atoms with E-state index in [0.29, 0.717) is 22.9 Å². The predicted octanol–water partition coefficient (Wildman–Crippen LogP) is 1.27. The fourth-order valence-corrected chi connectivity index (χ4v) is 3.50. The Labute approximate surface area is 163 Å². The van der Waals surface area contributed by atoms with Gasteiger partial charge in [-0.15, -0.1) is 0 Å². The molecule has 0 unspecified atom stereocenters. The Kier molecular flexibility index (Phi) is 4.81. The molecule has 0 radical (unpaired) electrons. The quantitative estimate of drug-likeness (QED) is 0.723. The summed E-state index contributed by atoms with van der Waals surface area (Å²) in [5.74, 6) is 2.40. The molecule has 1 saturated heterocycles. The van der Waals surface area contributed by atoms with E-state index >= 15 is 0 Å². The summed E-state index contributed by atoms with van der Waals surface area (Å²) in [6.07, 6.45) is 6.71. The van der Waals surface area contributed by atoms with Crippen LogP contribution in [0.3, 0.4) is 0 Å². The minimum Gasteiger partial charge on any atom is -0.367 e. The average molecular weight is 380 g/mol. The third-order valence-electron chi connectivity index (χ3n) is 5.10. The number of hydrogen-bond acceptors (Lipinski definition) is 8. The molecule has 3 aromatic rings. The molecule has 3 aromatic heterocycles. The fourth-order valence-electron chi connectivity index (χ4n) is 3.50. The largest absolute Gasteiger partial charge is 0.367 e. The van der Waals surface area contributed by atoms with Gasteiger partial charge in [0.1, 0.15) is 18.0 Å². The lowest BCUT2D eigenvalue weighted by atomic mass is 10.1. The van der Waals surface area contributed by atoms with Crippen LogP contribution in [0.4, 0.5) is 17.6 Å². The van der Waals surface area contributed by atoms with E-state index in [4.69, 9.17) is 0 Å². The van der Waals surface area contributed by atoms with Crippen LogP contribution in [-0.2, 0) is 7.05 Å². The Hall–Kier alpha value is -3.23. The smallest absolute Gasteiger partial charge is 0.262 e. The van der Waals surface area contributed by atoms with Gasteiger partial charge in [0.05, 0.1) is 17.1 Å². The summed E-state index contributed by atoms with van der Waals surface area (Å²) in [4.78, 5) is 34.1. The van der Waals surface area contributed by atoms with Crippen molar-refractivity contribution in [3.8, 4) is 0 Å². The van der Waals surface area contributed by atoms with Crippen molar-refractivity contribution >= 4 is 28.5 Å². The first kappa shape index (κ1) is 18.1. The summed E-state index contributed by atoms with van der Waals surface area (Å²) in [7, 11) is 5.69. The van der Waals surface area contributed by atoms with Gasteiger partial charge in [0.2, 0.25) is 5.95 Å². The molecule has 9 nitrogen and oxygen atoms in total. The van der Waals surface area contributed by atoms with E-state index in [9.17, 15) is 4.79 Å². The molecule has 1 N–H and O–H groups in total. The van der Waals surface area contributed by atoms with Crippen molar-refractivity contribution in [2.45, 2.75) is 18.9 Å². The summed E-state index contributed by atoms with van der Waals surface area (Å²) >= 11 is 0. The summed E-state index contributed by atoms with van der Waals surface area (Å²) in [5, 5.41) is 4.10. The third-order valence-corrected chi connectivity index (χ3v) is 5.10. The first-order valence-corrected chi connectivity index (χ1v) is 9.34. The van der Waals surface area contributed by atoms with Crippen LogP contribution in [0.15, 0.2) is 35.6 Å². The molecule has 1 aliphatic heterocycles. The number of aromatic nitrogens is 5. The van der Waals surface area contributed by atoms with Crippen molar-refractivity contribution in [1.29, 1.82) is 0 Å². The Morgan fingerprint density at radius 3 is 2.75 bits per heavy atom. The zero-order chi connectivity index (χ0) is 19.7. The van der Waals surface area contributed by atoms with Gasteiger partial charge in [-0.1, -0.05) is 0 Å². The summed E-state index contributed by atoms with van der Waals surface area (Å²) in [6, 6.07) is 3.99. The number of piperidine rings is 1. The first-order valence-electron chi connectivity index (χ1n) is 9.34. The maximum atomic E-state index is 12.6. The van der Waals surface area contributed by atoms with Gasteiger partial charge < -0.3 is 15.1 Å². The van der Waals surface area contributed by atoms with Crippen LogP contribution in [0.2, 0.25) is 0 Å². The van der Waals surface area contributed by atoms with Gasteiger partial charge >= 0.3 is 0 Å². The minimum absolute atomic E-state index is 0.0418. The summed E-state index contributed by atoms with van der Waals surface area (Å²) in [6.45, 7) is 1.63.